The maximum Gasteiger partial charge on any atom is 0.270 e. The lowest BCUT2D eigenvalue weighted by Crippen LogP contribution is -2.36. The quantitative estimate of drug-likeness (QED) is 0.641. The highest BCUT2D eigenvalue weighted by Crippen LogP contribution is 2.26. The Hall–Kier alpha value is -2.98. The van der Waals surface area contributed by atoms with Crippen LogP contribution in [0.2, 0.25) is 0 Å². The standard InChI is InChI=1S/C21H24F2N6O2/c1-3-29-8-16(17(30)9-29)28-20-18-15(25-10-26-20)7-24-19(18)21(31)27-11(2)13-6-12(22)4-5-14(13)23/h4-6,10-11,16-17,30H,3,7-9H2,1-2H3,(H,27,31)(H,25,26,28)/t11-,16-,17-/m1/s1. The van der Waals surface area contributed by atoms with Gasteiger partial charge in [0.25, 0.3) is 5.91 Å². The molecule has 0 spiro atoms. The highest BCUT2D eigenvalue weighted by atomic mass is 19.1. The molecule has 0 radical (unpaired) electrons. The molecular weight excluding hydrogens is 406 g/mol. The van der Waals surface area contributed by atoms with Crippen LogP contribution in [0.5, 0.6) is 0 Å². The molecule has 1 aromatic heterocycles. The van der Waals surface area contributed by atoms with Gasteiger partial charge in [-0.2, -0.15) is 0 Å². The number of likely N-dealkylation sites (N-methyl/N-ethyl adjacent to an activating group) is 1. The Labute approximate surface area is 178 Å². The first-order chi connectivity index (χ1) is 14.9. The molecule has 4 rings (SSSR count). The van der Waals surface area contributed by atoms with Crippen molar-refractivity contribution in [2.45, 2.75) is 38.6 Å². The van der Waals surface area contributed by atoms with Gasteiger partial charge in [-0.15, -0.1) is 0 Å². The summed E-state index contributed by atoms with van der Waals surface area (Å²) in [6, 6.07) is 2.09. The molecule has 10 heteroatoms. The molecule has 3 atom stereocenters. The lowest BCUT2D eigenvalue weighted by Gasteiger charge is -2.19. The number of carbonyl (C=O) groups is 1. The number of aliphatic imine (C=N–C) groups is 1. The number of anilines is 1. The number of nitrogens with zero attached hydrogens (tertiary/aromatic N) is 4. The number of hydrogen-bond donors (Lipinski definition) is 3. The lowest BCUT2D eigenvalue weighted by atomic mass is 10.1. The van der Waals surface area contributed by atoms with Gasteiger partial charge in [-0.05, 0) is 31.7 Å². The van der Waals surface area contributed by atoms with Gasteiger partial charge in [-0.3, -0.25) is 14.7 Å². The number of rotatable bonds is 6. The van der Waals surface area contributed by atoms with Crippen LogP contribution in [0.4, 0.5) is 14.6 Å². The Morgan fingerprint density at radius 1 is 1.32 bits per heavy atom. The summed E-state index contributed by atoms with van der Waals surface area (Å²) in [5, 5.41) is 16.2. The number of hydrogen-bond acceptors (Lipinski definition) is 7. The van der Waals surface area contributed by atoms with E-state index in [1.165, 1.54) is 6.33 Å². The molecule has 0 aliphatic carbocycles. The van der Waals surface area contributed by atoms with Gasteiger partial charge >= 0.3 is 0 Å². The maximum atomic E-state index is 14.1. The Bertz CT molecular complexity index is 1030. The molecule has 0 unspecified atom stereocenters. The van der Waals surface area contributed by atoms with Crippen molar-refractivity contribution in [1.29, 1.82) is 0 Å². The predicted molar refractivity (Wildman–Crippen MR) is 111 cm³/mol. The molecule has 164 valence electrons. The van der Waals surface area contributed by atoms with Crippen LogP contribution in [0.1, 0.15) is 36.7 Å². The molecule has 3 N–H and O–H groups in total. The molecule has 8 nitrogen and oxygen atoms in total. The summed E-state index contributed by atoms with van der Waals surface area (Å²) in [5.74, 6) is -1.31. The van der Waals surface area contributed by atoms with E-state index in [2.05, 4.69) is 30.5 Å². The minimum atomic E-state index is -0.772. The number of likely N-dealkylation sites (tertiary alicyclic amines) is 1. The van der Waals surface area contributed by atoms with E-state index in [0.717, 1.165) is 24.7 Å². The molecule has 0 saturated carbocycles. The van der Waals surface area contributed by atoms with E-state index < -0.39 is 29.7 Å². The summed E-state index contributed by atoms with van der Waals surface area (Å²) < 4.78 is 27.6. The molecule has 2 aliphatic rings. The van der Waals surface area contributed by atoms with E-state index in [1.807, 2.05) is 6.92 Å². The van der Waals surface area contributed by atoms with E-state index in [-0.39, 0.29) is 23.9 Å². The topological polar surface area (TPSA) is 103 Å². The average Bonchev–Trinajstić information content (AvgIpc) is 3.34. The Balaban J connectivity index is 1.54. The third-order valence-corrected chi connectivity index (χ3v) is 5.67. The molecule has 1 fully saturated rings. The van der Waals surface area contributed by atoms with Crippen LogP contribution < -0.4 is 10.6 Å². The van der Waals surface area contributed by atoms with Crippen molar-refractivity contribution in [2.24, 2.45) is 4.99 Å². The largest absolute Gasteiger partial charge is 0.390 e. The second kappa shape index (κ2) is 8.64. The van der Waals surface area contributed by atoms with E-state index >= 15 is 0 Å². The average molecular weight is 430 g/mol. The first kappa shape index (κ1) is 21.3. The fourth-order valence-corrected chi connectivity index (χ4v) is 3.95. The predicted octanol–water partition coefficient (Wildman–Crippen LogP) is 1.41. The van der Waals surface area contributed by atoms with Crippen molar-refractivity contribution in [1.82, 2.24) is 20.2 Å². The van der Waals surface area contributed by atoms with E-state index in [0.29, 0.717) is 30.2 Å². The highest BCUT2D eigenvalue weighted by molar-refractivity contribution is 6.47. The van der Waals surface area contributed by atoms with Gasteiger partial charge in [0.05, 0.1) is 36.0 Å². The third-order valence-electron chi connectivity index (χ3n) is 5.67. The fraction of sp³-hybridized carbons (Fsp3) is 0.429. The van der Waals surface area contributed by atoms with Crippen molar-refractivity contribution in [3.05, 3.63) is 53.0 Å². The number of carbonyl (C=O) groups excluding carboxylic acids is 1. The Morgan fingerprint density at radius 2 is 2.13 bits per heavy atom. The highest BCUT2D eigenvalue weighted by Gasteiger charge is 2.34. The van der Waals surface area contributed by atoms with Crippen LogP contribution >= 0.6 is 0 Å². The summed E-state index contributed by atoms with van der Waals surface area (Å²) in [4.78, 5) is 27.8. The van der Waals surface area contributed by atoms with Crippen LogP contribution in [-0.4, -0.2) is 63.4 Å². The van der Waals surface area contributed by atoms with Crippen molar-refractivity contribution in [2.75, 3.05) is 25.0 Å². The second-order valence-electron chi connectivity index (χ2n) is 7.74. The summed E-state index contributed by atoms with van der Waals surface area (Å²) in [6.45, 7) is 5.83. The summed E-state index contributed by atoms with van der Waals surface area (Å²) >= 11 is 0. The summed E-state index contributed by atoms with van der Waals surface area (Å²) in [6.07, 6.45) is 0.818. The number of fused-ring (bicyclic) bond motifs is 1. The SMILES string of the molecule is CCN1C[C@@H](O)[C@H](Nc2ncnc3c2C(C(=O)N[C@H](C)c2cc(F)ccc2F)=NC3)C1. The van der Waals surface area contributed by atoms with Crippen LogP contribution in [0, 0.1) is 11.6 Å². The summed E-state index contributed by atoms with van der Waals surface area (Å²) in [7, 11) is 0. The molecular formula is C21H24F2N6O2. The maximum absolute atomic E-state index is 14.1. The number of aliphatic hydroxyl groups excluding tert-OH is 1. The number of benzene rings is 1. The van der Waals surface area contributed by atoms with Crippen LogP contribution in [0.3, 0.4) is 0 Å². The van der Waals surface area contributed by atoms with E-state index in [1.54, 1.807) is 6.92 Å². The molecule has 2 aromatic rings. The van der Waals surface area contributed by atoms with Gasteiger partial charge in [0.1, 0.15) is 29.5 Å². The van der Waals surface area contributed by atoms with Crippen molar-refractivity contribution < 1.29 is 18.7 Å². The second-order valence-corrected chi connectivity index (χ2v) is 7.74. The number of aromatic nitrogens is 2. The van der Waals surface area contributed by atoms with Crippen molar-refractivity contribution >= 4 is 17.4 Å². The van der Waals surface area contributed by atoms with Crippen LogP contribution in [0.15, 0.2) is 29.5 Å². The fourth-order valence-electron chi connectivity index (χ4n) is 3.95. The number of amides is 1. The monoisotopic (exact) mass is 430 g/mol. The number of nitrogens with one attached hydrogen (secondary N) is 2. The molecule has 1 amide bonds. The Kier molecular flexibility index (Phi) is 5.92. The zero-order valence-corrected chi connectivity index (χ0v) is 17.3. The molecule has 3 heterocycles. The van der Waals surface area contributed by atoms with Gasteiger partial charge in [0.2, 0.25) is 0 Å². The Morgan fingerprint density at radius 3 is 2.87 bits per heavy atom. The molecule has 2 aliphatic heterocycles. The molecule has 31 heavy (non-hydrogen) atoms. The van der Waals surface area contributed by atoms with E-state index in [9.17, 15) is 18.7 Å². The van der Waals surface area contributed by atoms with E-state index in [4.69, 9.17) is 0 Å². The molecule has 1 saturated heterocycles. The van der Waals surface area contributed by atoms with Gasteiger partial charge in [0, 0.05) is 18.7 Å². The van der Waals surface area contributed by atoms with Gasteiger partial charge in [0.15, 0.2) is 0 Å². The van der Waals surface area contributed by atoms with Gasteiger partial charge < -0.3 is 15.7 Å². The first-order valence-corrected chi connectivity index (χ1v) is 10.2. The first-order valence-electron chi connectivity index (χ1n) is 10.2. The van der Waals surface area contributed by atoms with Gasteiger partial charge in [-0.25, -0.2) is 18.7 Å². The normalized spacial score (nSPS) is 21.5. The smallest absolute Gasteiger partial charge is 0.270 e. The molecule has 0 bridgehead atoms. The zero-order valence-electron chi connectivity index (χ0n) is 17.3. The lowest BCUT2D eigenvalue weighted by molar-refractivity contribution is -0.115. The van der Waals surface area contributed by atoms with Crippen molar-refractivity contribution in [3.63, 3.8) is 0 Å². The third kappa shape index (κ3) is 4.26. The number of β-amino-alcohol motifs (C(OH)–C–C–N with tert-alkyl or cyclic N) is 1. The van der Waals surface area contributed by atoms with Crippen LogP contribution in [0.25, 0.3) is 0 Å². The number of halogens is 2. The van der Waals surface area contributed by atoms with Gasteiger partial charge in [-0.1, -0.05) is 6.92 Å². The van der Waals surface area contributed by atoms with Crippen molar-refractivity contribution in [3.8, 4) is 0 Å². The summed E-state index contributed by atoms with van der Waals surface area (Å²) in [5.41, 5.74) is 1.23. The molecule has 1 aromatic carbocycles. The minimum Gasteiger partial charge on any atom is -0.390 e. The minimum absolute atomic E-state index is 0.0450. The van der Waals surface area contributed by atoms with Crippen LogP contribution in [-0.2, 0) is 11.3 Å². The zero-order chi connectivity index (χ0) is 22.1. The number of aliphatic hydroxyl groups is 1.